The lowest BCUT2D eigenvalue weighted by atomic mass is 10.5. The van der Waals surface area contributed by atoms with Gasteiger partial charge in [-0.1, -0.05) is 0 Å². The van der Waals surface area contributed by atoms with Crippen LogP contribution in [0.1, 0.15) is 12.8 Å². The lowest BCUT2D eigenvalue weighted by molar-refractivity contribution is 1.02. The topological polar surface area (TPSA) is 72.3 Å². The van der Waals surface area contributed by atoms with E-state index in [4.69, 9.17) is 10.5 Å². The van der Waals surface area contributed by atoms with Gasteiger partial charge in [0.1, 0.15) is 0 Å². The van der Waals surface area contributed by atoms with E-state index in [0.29, 0.717) is 25.9 Å². The molecular weight excluding hydrogens is 152 g/mol. The van der Waals surface area contributed by atoms with E-state index < -0.39 is 0 Å². The van der Waals surface area contributed by atoms with Crippen molar-refractivity contribution in [3.8, 4) is 12.1 Å². The van der Waals surface area contributed by atoms with Crippen LogP contribution in [0.5, 0.6) is 0 Å². The Morgan fingerprint density at radius 2 is 1.33 bits per heavy atom. The van der Waals surface area contributed by atoms with Gasteiger partial charge in [-0.05, 0) is 0 Å². The van der Waals surface area contributed by atoms with Crippen LogP contribution in [0.2, 0.25) is 0 Å². The molecule has 0 radical (unpaired) electrons. The Labute approximate surface area is 71.9 Å². The molecule has 4 heteroatoms. The van der Waals surface area contributed by atoms with Crippen LogP contribution in [0, 0.1) is 22.7 Å². The third-order valence-electron chi connectivity index (χ3n) is 0.983. The first-order valence-electron chi connectivity index (χ1n) is 3.64. The summed E-state index contributed by atoms with van der Waals surface area (Å²) < 4.78 is 0. The van der Waals surface area contributed by atoms with Crippen molar-refractivity contribution in [3.63, 3.8) is 0 Å². The molecule has 0 heterocycles. The second-order valence-corrected chi connectivity index (χ2v) is 1.93. The van der Waals surface area contributed by atoms with Crippen LogP contribution >= 0.6 is 0 Å². The Bertz CT molecular complexity index is 202. The molecule has 0 aliphatic rings. The highest BCUT2D eigenvalue weighted by Gasteiger charge is 1.76. The standard InChI is InChI=1S/C8H10N4/c9-3-1-5-11-7-8-12-6-2-4-10/h7-8H,1-2,5-6H2. The van der Waals surface area contributed by atoms with E-state index >= 15 is 0 Å². The van der Waals surface area contributed by atoms with E-state index in [1.807, 2.05) is 12.1 Å². The summed E-state index contributed by atoms with van der Waals surface area (Å²) >= 11 is 0. The van der Waals surface area contributed by atoms with Crippen molar-refractivity contribution >= 4 is 12.4 Å². The van der Waals surface area contributed by atoms with Gasteiger partial charge in [-0.15, -0.1) is 0 Å². The zero-order valence-corrected chi connectivity index (χ0v) is 6.77. The van der Waals surface area contributed by atoms with Gasteiger partial charge in [-0.2, -0.15) is 10.5 Å². The van der Waals surface area contributed by atoms with E-state index in [2.05, 4.69) is 9.98 Å². The lowest BCUT2D eigenvalue weighted by Crippen LogP contribution is -1.83. The second-order valence-electron chi connectivity index (χ2n) is 1.93. The van der Waals surface area contributed by atoms with Crippen molar-refractivity contribution < 1.29 is 0 Å². The average Bonchev–Trinajstić information content (AvgIpc) is 2.10. The molecule has 0 bridgehead atoms. The highest BCUT2D eigenvalue weighted by atomic mass is 14.7. The van der Waals surface area contributed by atoms with Gasteiger partial charge in [-0.3, -0.25) is 9.98 Å². The molecule has 0 aromatic carbocycles. The van der Waals surface area contributed by atoms with Crippen molar-refractivity contribution in [1.82, 2.24) is 0 Å². The molecule has 0 aliphatic carbocycles. The molecule has 0 rings (SSSR count). The minimum absolute atomic E-state index is 0.433. The molecule has 0 N–H and O–H groups in total. The normalized spacial score (nSPS) is 10.2. The van der Waals surface area contributed by atoms with Crippen molar-refractivity contribution in [3.05, 3.63) is 0 Å². The maximum atomic E-state index is 8.15. The van der Waals surface area contributed by atoms with Crippen LogP contribution in [-0.4, -0.2) is 25.5 Å². The Kier molecular flexibility index (Phi) is 8.02. The molecule has 0 spiro atoms. The van der Waals surface area contributed by atoms with Crippen LogP contribution < -0.4 is 0 Å². The molecule has 62 valence electrons. The van der Waals surface area contributed by atoms with Crippen molar-refractivity contribution in [1.29, 1.82) is 10.5 Å². The first-order chi connectivity index (χ1) is 5.91. The van der Waals surface area contributed by atoms with Gasteiger partial charge in [0.15, 0.2) is 0 Å². The Balaban J connectivity index is 3.29. The Hall–Kier alpha value is -1.68. The van der Waals surface area contributed by atoms with Gasteiger partial charge in [-0.25, -0.2) is 0 Å². The zero-order chi connectivity index (χ0) is 9.07. The van der Waals surface area contributed by atoms with E-state index in [-0.39, 0.29) is 0 Å². The van der Waals surface area contributed by atoms with Crippen molar-refractivity contribution in [2.24, 2.45) is 9.98 Å². The smallest absolute Gasteiger partial charge is 0.0641 e. The quantitative estimate of drug-likeness (QED) is 0.446. The van der Waals surface area contributed by atoms with E-state index in [1.54, 1.807) is 12.4 Å². The van der Waals surface area contributed by atoms with Crippen molar-refractivity contribution in [2.75, 3.05) is 13.1 Å². The molecule has 0 aliphatic heterocycles. The van der Waals surface area contributed by atoms with E-state index in [9.17, 15) is 0 Å². The fourth-order valence-electron chi connectivity index (χ4n) is 0.472. The lowest BCUT2D eigenvalue weighted by Gasteiger charge is -1.81. The van der Waals surface area contributed by atoms with Gasteiger partial charge in [0.05, 0.1) is 38.1 Å². The number of aliphatic imine (C=N–C) groups is 2. The fourth-order valence-corrected chi connectivity index (χ4v) is 0.472. The largest absolute Gasteiger partial charge is 0.291 e. The van der Waals surface area contributed by atoms with E-state index in [0.717, 1.165) is 0 Å². The summed E-state index contributed by atoms with van der Waals surface area (Å²) in [5.41, 5.74) is 0. The number of hydrogen-bond donors (Lipinski definition) is 0. The van der Waals surface area contributed by atoms with Crippen molar-refractivity contribution in [2.45, 2.75) is 12.8 Å². The highest BCUT2D eigenvalue weighted by Crippen LogP contribution is 1.76. The molecule has 12 heavy (non-hydrogen) atoms. The maximum absolute atomic E-state index is 8.15. The summed E-state index contributed by atoms with van der Waals surface area (Å²) in [6.07, 6.45) is 3.97. The first-order valence-corrected chi connectivity index (χ1v) is 3.64. The molecule has 0 amide bonds. The minimum Gasteiger partial charge on any atom is -0.291 e. The minimum atomic E-state index is 0.433. The average molecular weight is 162 g/mol. The summed E-state index contributed by atoms with van der Waals surface area (Å²) in [4.78, 5) is 7.76. The SMILES string of the molecule is N#CCCN=CC=NCCC#N. The predicted molar refractivity (Wildman–Crippen MR) is 47.2 cm³/mol. The third-order valence-corrected chi connectivity index (χ3v) is 0.983. The van der Waals surface area contributed by atoms with Gasteiger partial charge in [0, 0.05) is 12.4 Å². The van der Waals surface area contributed by atoms with Crippen LogP contribution in [0.25, 0.3) is 0 Å². The second kappa shape index (κ2) is 9.32. The van der Waals surface area contributed by atoms with Gasteiger partial charge < -0.3 is 0 Å². The number of nitrogens with zero attached hydrogens (tertiary/aromatic N) is 4. The summed E-state index contributed by atoms with van der Waals surface area (Å²) in [7, 11) is 0. The Morgan fingerprint density at radius 1 is 0.917 bits per heavy atom. The number of hydrogen-bond acceptors (Lipinski definition) is 4. The number of nitriles is 2. The molecule has 0 saturated carbocycles. The summed E-state index contributed by atoms with van der Waals surface area (Å²) in [6, 6.07) is 3.96. The molecule has 0 atom stereocenters. The summed E-state index contributed by atoms with van der Waals surface area (Å²) in [5, 5.41) is 16.3. The summed E-state index contributed by atoms with van der Waals surface area (Å²) in [5.74, 6) is 0. The Morgan fingerprint density at radius 3 is 1.67 bits per heavy atom. The van der Waals surface area contributed by atoms with Gasteiger partial charge >= 0.3 is 0 Å². The molecule has 4 nitrogen and oxygen atoms in total. The first kappa shape index (κ1) is 10.3. The van der Waals surface area contributed by atoms with E-state index in [1.165, 1.54) is 0 Å². The van der Waals surface area contributed by atoms with Crippen LogP contribution in [0.4, 0.5) is 0 Å². The molecule has 0 fully saturated rings. The predicted octanol–water partition coefficient (Wildman–Crippen LogP) is 0.955. The zero-order valence-electron chi connectivity index (χ0n) is 6.77. The van der Waals surface area contributed by atoms with Gasteiger partial charge in [0.25, 0.3) is 0 Å². The highest BCUT2D eigenvalue weighted by molar-refractivity contribution is 6.15. The van der Waals surface area contributed by atoms with Crippen LogP contribution in [0.3, 0.4) is 0 Å². The monoisotopic (exact) mass is 162 g/mol. The number of rotatable bonds is 5. The fraction of sp³-hybridized carbons (Fsp3) is 0.500. The molecule has 0 aromatic rings. The third kappa shape index (κ3) is 8.32. The van der Waals surface area contributed by atoms with Crippen LogP contribution in [0.15, 0.2) is 9.98 Å². The molecule has 0 saturated heterocycles. The van der Waals surface area contributed by atoms with Crippen LogP contribution in [-0.2, 0) is 0 Å². The van der Waals surface area contributed by atoms with Gasteiger partial charge in [0.2, 0.25) is 0 Å². The maximum Gasteiger partial charge on any atom is 0.0641 e. The summed E-state index contributed by atoms with van der Waals surface area (Å²) in [6.45, 7) is 1.03. The molecule has 0 unspecified atom stereocenters. The molecular formula is C8H10N4. The molecule has 0 aromatic heterocycles.